The first-order valence-electron chi connectivity index (χ1n) is 9.58. The lowest BCUT2D eigenvalue weighted by Crippen LogP contribution is -2.41. The van der Waals surface area contributed by atoms with Crippen LogP contribution in [0.2, 0.25) is 5.02 Å². The number of carbonyl (C=O) groups excluding carboxylic acids is 2. The third-order valence-electron chi connectivity index (χ3n) is 4.83. The van der Waals surface area contributed by atoms with Gasteiger partial charge in [0.15, 0.2) is 5.76 Å². The summed E-state index contributed by atoms with van der Waals surface area (Å²) in [5, 5.41) is 1.20. The Bertz CT molecular complexity index is 1250. The van der Waals surface area contributed by atoms with Gasteiger partial charge in [0.05, 0.1) is 4.90 Å². The third-order valence-corrected chi connectivity index (χ3v) is 7.11. The van der Waals surface area contributed by atoms with Crippen LogP contribution in [0.1, 0.15) is 40.3 Å². The van der Waals surface area contributed by atoms with Crippen LogP contribution in [0.15, 0.2) is 51.8 Å². The fraction of sp³-hybridized carbons (Fsp3) is 0.238. The smallest absolute Gasteiger partial charge is 0.305 e. The lowest BCUT2D eigenvalue weighted by molar-refractivity contribution is 0.0831. The molecule has 0 unspecified atom stereocenters. The van der Waals surface area contributed by atoms with E-state index in [0.29, 0.717) is 34.6 Å². The first kappa shape index (κ1) is 22.8. The molecular formula is C21H22ClN3O5S. The van der Waals surface area contributed by atoms with Crippen molar-refractivity contribution in [3.05, 3.63) is 64.4 Å². The molecule has 2 N–H and O–H groups in total. The summed E-state index contributed by atoms with van der Waals surface area (Å²) in [6, 6.07) is 10.6. The Kier molecular flexibility index (Phi) is 6.68. The number of fused-ring (bicyclic) bond motifs is 1. The highest BCUT2D eigenvalue weighted by Crippen LogP contribution is 2.27. The molecule has 0 fully saturated rings. The minimum Gasteiger partial charge on any atom is -0.451 e. The zero-order valence-electron chi connectivity index (χ0n) is 17.2. The summed E-state index contributed by atoms with van der Waals surface area (Å²) in [7, 11) is -3.72. The van der Waals surface area contributed by atoms with Gasteiger partial charge in [-0.2, -0.15) is 4.31 Å². The molecule has 31 heavy (non-hydrogen) atoms. The molecule has 2 amide bonds. The molecule has 3 rings (SSSR count). The number of nitrogens with zero attached hydrogens (tertiary/aromatic N) is 1. The number of rotatable bonds is 6. The molecule has 0 aliphatic heterocycles. The normalized spacial score (nSPS) is 11.6. The van der Waals surface area contributed by atoms with E-state index in [-0.39, 0.29) is 16.2 Å². The number of hydrogen-bond donors (Lipinski definition) is 2. The average molecular weight is 464 g/mol. The van der Waals surface area contributed by atoms with Crippen molar-refractivity contribution in [1.29, 1.82) is 0 Å². The quantitative estimate of drug-likeness (QED) is 0.544. The number of furan rings is 1. The maximum Gasteiger partial charge on any atom is 0.305 e. The summed E-state index contributed by atoms with van der Waals surface area (Å²) in [4.78, 5) is 25.0. The molecule has 0 bridgehead atoms. The number of halogens is 1. The highest BCUT2D eigenvalue weighted by Gasteiger charge is 2.23. The first-order chi connectivity index (χ1) is 14.7. The highest BCUT2D eigenvalue weighted by molar-refractivity contribution is 7.89. The molecule has 2 aromatic carbocycles. The van der Waals surface area contributed by atoms with Gasteiger partial charge < -0.3 is 4.42 Å². The molecule has 0 aliphatic carbocycles. The SMILES string of the molecule is CCN(CC)S(=O)(=O)c1cccc(C(=O)NNC(=O)c2oc3ccc(Cl)cc3c2C)c1. The number of hydrogen-bond acceptors (Lipinski definition) is 5. The van der Waals surface area contributed by atoms with Crippen LogP contribution >= 0.6 is 11.6 Å². The summed E-state index contributed by atoms with van der Waals surface area (Å²) in [6.45, 7) is 5.81. The van der Waals surface area contributed by atoms with Crippen LogP contribution in [0.25, 0.3) is 11.0 Å². The Hall–Kier alpha value is -2.88. The van der Waals surface area contributed by atoms with E-state index in [9.17, 15) is 18.0 Å². The van der Waals surface area contributed by atoms with Gasteiger partial charge in [-0.1, -0.05) is 31.5 Å². The van der Waals surface area contributed by atoms with Crippen molar-refractivity contribution in [1.82, 2.24) is 15.2 Å². The van der Waals surface area contributed by atoms with Gasteiger partial charge >= 0.3 is 5.91 Å². The van der Waals surface area contributed by atoms with E-state index < -0.39 is 21.8 Å². The number of sulfonamides is 1. The fourth-order valence-electron chi connectivity index (χ4n) is 3.16. The van der Waals surface area contributed by atoms with Crippen LogP contribution in [0, 0.1) is 6.92 Å². The third kappa shape index (κ3) is 4.58. The lowest BCUT2D eigenvalue weighted by Gasteiger charge is -2.18. The van der Waals surface area contributed by atoms with Crippen LogP contribution < -0.4 is 10.9 Å². The van der Waals surface area contributed by atoms with Gasteiger partial charge in [0, 0.05) is 34.6 Å². The van der Waals surface area contributed by atoms with Crippen LogP contribution in [0.5, 0.6) is 0 Å². The van der Waals surface area contributed by atoms with Crippen molar-refractivity contribution in [3.8, 4) is 0 Å². The van der Waals surface area contributed by atoms with Crippen molar-refractivity contribution in [2.24, 2.45) is 0 Å². The number of benzene rings is 2. The minimum atomic E-state index is -3.72. The standard InChI is InChI=1S/C21H22ClN3O5S/c1-4-25(5-2)31(28,29)16-8-6-7-14(11-16)20(26)23-24-21(27)19-13(3)17-12-15(22)9-10-18(17)30-19/h6-12H,4-5H2,1-3H3,(H,23,26)(H,24,27). The van der Waals surface area contributed by atoms with E-state index in [2.05, 4.69) is 10.9 Å². The van der Waals surface area contributed by atoms with Gasteiger partial charge in [0.1, 0.15) is 5.58 Å². The topological polar surface area (TPSA) is 109 Å². The molecule has 0 aliphatic rings. The van der Waals surface area contributed by atoms with E-state index in [4.69, 9.17) is 16.0 Å². The van der Waals surface area contributed by atoms with Crippen molar-refractivity contribution in [2.75, 3.05) is 13.1 Å². The Morgan fingerprint density at radius 1 is 1.03 bits per heavy atom. The van der Waals surface area contributed by atoms with Crippen LogP contribution in [0.4, 0.5) is 0 Å². The molecule has 8 nitrogen and oxygen atoms in total. The van der Waals surface area contributed by atoms with Crippen LogP contribution in [-0.2, 0) is 10.0 Å². The Morgan fingerprint density at radius 3 is 2.39 bits per heavy atom. The second kappa shape index (κ2) is 9.09. The van der Waals surface area contributed by atoms with E-state index in [0.717, 1.165) is 0 Å². The molecule has 0 atom stereocenters. The van der Waals surface area contributed by atoms with Crippen LogP contribution in [-0.4, -0.2) is 37.6 Å². The zero-order chi connectivity index (χ0) is 22.8. The monoisotopic (exact) mass is 463 g/mol. The molecule has 0 saturated carbocycles. The number of carbonyl (C=O) groups is 2. The summed E-state index contributed by atoms with van der Waals surface area (Å²) in [5.41, 5.74) is 5.73. The first-order valence-corrected chi connectivity index (χ1v) is 11.4. The maximum atomic E-state index is 12.7. The van der Waals surface area contributed by atoms with Crippen molar-refractivity contribution < 1.29 is 22.4 Å². The van der Waals surface area contributed by atoms with Gasteiger partial charge in [-0.05, 0) is 43.3 Å². The number of hydrazine groups is 1. The predicted octanol–water partition coefficient (Wildman–Crippen LogP) is 3.50. The van der Waals surface area contributed by atoms with Gasteiger partial charge in [-0.3, -0.25) is 20.4 Å². The molecular weight excluding hydrogens is 442 g/mol. The van der Waals surface area contributed by atoms with Gasteiger partial charge in [0.2, 0.25) is 10.0 Å². The Morgan fingerprint density at radius 2 is 1.71 bits per heavy atom. The Balaban J connectivity index is 1.76. The summed E-state index contributed by atoms with van der Waals surface area (Å²) in [5.74, 6) is -1.28. The predicted molar refractivity (Wildman–Crippen MR) is 117 cm³/mol. The maximum absolute atomic E-state index is 12.7. The van der Waals surface area contributed by atoms with E-state index in [1.165, 1.54) is 28.6 Å². The van der Waals surface area contributed by atoms with E-state index in [1.54, 1.807) is 39.0 Å². The molecule has 0 saturated heterocycles. The second-order valence-electron chi connectivity index (χ2n) is 6.72. The largest absolute Gasteiger partial charge is 0.451 e. The highest BCUT2D eigenvalue weighted by atomic mass is 35.5. The molecule has 1 aromatic heterocycles. The molecule has 1 heterocycles. The number of nitrogens with one attached hydrogen (secondary N) is 2. The number of aryl methyl sites for hydroxylation is 1. The van der Waals surface area contributed by atoms with Gasteiger partial charge in [-0.15, -0.1) is 0 Å². The van der Waals surface area contributed by atoms with Gasteiger partial charge in [-0.25, -0.2) is 8.42 Å². The second-order valence-corrected chi connectivity index (χ2v) is 9.10. The lowest BCUT2D eigenvalue weighted by atomic mass is 10.1. The number of amides is 2. The summed E-state index contributed by atoms with van der Waals surface area (Å²) >= 11 is 5.99. The molecule has 0 spiro atoms. The zero-order valence-corrected chi connectivity index (χ0v) is 18.8. The van der Waals surface area contributed by atoms with E-state index in [1.807, 2.05) is 0 Å². The Labute approximate surface area is 185 Å². The van der Waals surface area contributed by atoms with Crippen molar-refractivity contribution in [2.45, 2.75) is 25.7 Å². The molecule has 3 aromatic rings. The molecule has 10 heteroatoms. The molecule has 0 radical (unpaired) electrons. The van der Waals surface area contributed by atoms with Gasteiger partial charge in [0.25, 0.3) is 5.91 Å². The van der Waals surface area contributed by atoms with E-state index >= 15 is 0 Å². The van der Waals surface area contributed by atoms with Crippen molar-refractivity contribution >= 4 is 44.4 Å². The minimum absolute atomic E-state index is 0.000170. The average Bonchev–Trinajstić information content (AvgIpc) is 3.08. The van der Waals surface area contributed by atoms with Crippen molar-refractivity contribution in [3.63, 3.8) is 0 Å². The fourth-order valence-corrected chi connectivity index (χ4v) is 4.84. The summed E-state index contributed by atoms with van der Waals surface area (Å²) < 4.78 is 32.2. The molecule has 164 valence electrons. The van der Waals surface area contributed by atoms with Crippen LogP contribution in [0.3, 0.4) is 0 Å². The summed E-state index contributed by atoms with van der Waals surface area (Å²) in [6.07, 6.45) is 0.